The van der Waals surface area contributed by atoms with Crippen molar-refractivity contribution in [2.75, 3.05) is 7.11 Å². The van der Waals surface area contributed by atoms with Crippen LogP contribution in [0.5, 0.6) is 5.75 Å². The van der Waals surface area contributed by atoms with Crippen molar-refractivity contribution in [1.82, 2.24) is 9.78 Å². The van der Waals surface area contributed by atoms with E-state index in [1.807, 2.05) is 49.4 Å². The summed E-state index contributed by atoms with van der Waals surface area (Å²) < 4.78 is 7.90. The summed E-state index contributed by atoms with van der Waals surface area (Å²) in [5, 5.41) is 14.4. The number of aromatic carboxylic acids is 1. The second-order valence-corrected chi connectivity index (χ2v) is 6.36. The van der Waals surface area contributed by atoms with Gasteiger partial charge in [0.15, 0.2) is 0 Å². The van der Waals surface area contributed by atoms with Crippen LogP contribution in [-0.2, 0) is 6.42 Å². The molecule has 1 aromatic heterocycles. The van der Waals surface area contributed by atoms with Gasteiger partial charge in [-0.25, -0.2) is 9.48 Å². The highest BCUT2D eigenvalue weighted by atomic mass is 79.9. The summed E-state index contributed by atoms with van der Waals surface area (Å²) in [6.07, 6.45) is 0.550. The summed E-state index contributed by atoms with van der Waals surface area (Å²) >= 11 is 3.41. The zero-order valence-electron chi connectivity index (χ0n) is 13.9. The molecule has 0 radical (unpaired) electrons. The maximum atomic E-state index is 11.9. The molecule has 1 N–H and O–H groups in total. The summed E-state index contributed by atoms with van der Waals surface area (Å²) in [5.74, 6) is -0.330. The van der Waals surface area contributed by atoms with Crippen LogP contribution in [0.1, 0.15) is 23.0 Å². The van der Waals surface area contributed by atoms with Gasteiger partial charge < -0.3 is 9.84 Å². The van der Waals surface area contributed by atoms with Gasteiger partial charge in [0.1, 0.15) is 17.0 Å². The van der Waals surface area contributed by atoms with Crippen LogP contribution in [0.2, 0.25) is 0 Å². The maximum absolute atomic E-state index is 11.9. The standard InChI is InChI=1S/C19H17BrN2O3/c1-3-16-17(19(23)24)18(12-5-4-6-15(11-12)25-2)21-22(16)14-9-7-13(20)8-10-14/h4-11H,3H2,1-2H3,(H,23,24). The molecule has 6 heteroatoms. The number of carbonyl (C=O) groups is 1. The Morgan fingerprint density at radius 3 is 2.56 bits per heavy atom. The number of aromatic nitrogens is 2. The number of carboxylic acid groups (broad SMARTS) is 1. The van der Waals surface area contributed by atoms with Gasteiger partial charge in [0, 0.05) is 10.0 Å². The molecule has 0 aliphatic heterocycles. The molecule has 0 atom stereocenters. The maximum Gasteiger partial charge on any atom is 0.339 e. The molecule has 0 unspecified atom stereocenters. The minimum Gasteiger partial charge on any atom is -0.497 e. The Hall–Kier alpha value is -2.60. The lowest BCUT2D eigenvalue weighted by Crippen LogP contribution is -2.05. The number of ether oxygens (including phenoxy) is 1. The molecule has 5 nitrogen and oxygen atoms in total. The van der Waals surface area contributed by atoms with E-state index in [1.165, 1.54) is 0 Å². The third kappa shape index (κ3) is 3.30. The van der Waals surface area contributed by atoms with Crippen LogP contribution in [-0.4, -0.2) is 28.0 Å². The predicted octanol–water partition coefficient (Wildman–Crippen LogP) is 4.57. The molecule has 0 bridgehead atoms. The van der Waals surface area contributed by atoms with Crippen LogP contribution in [0.4, 0.5) is 0 Å². The smallest absolute Gasteiger partial charge is 0.339 e. The topological polar surface area (TPSA) is 64.3 Å². The SMILES string of the molecule is CCc1c(C(=O)O)c(-c2cccc(OC)c2)nn1-c1ccc(Br)cc1. The zero-order valence-corrected chi connectivity index (χ0v) is 15.4. The molecular formula is C19H17BrN2O3. The largest absolute Gasteiger partial charge is 0.497 e. The van der Waals surface area contributed by atoms with Gasteiger partial charge in [-0.3, -0.25) is 0 Å². The number of carboxylic acids is 1. The lowest BCUT2D eigenvalue weighted by molar-refractivity contribution is 0.0696. The molecule has 0 saturated carbocycles. The lowest BCUT2D eigenvalue weighted by atomic mass is 10.0. The Bertz CT molecular complexity index is 917. The third-order valence-electron chi connectivity index (χ3n) is 3.94. The number of hydrogen-bond acceptors (Lipinski definition) is 3. The average Bonchev–Trinajstić information content (AvgIpc) is 3.02. The van der Waals surface area contributed by atoms with Crippen molar-refractivity contribution in [3.63, 3.8) is 0 Å². The molecule has 0 amide bonds. The molecule has 2 aromatic carbocycles. The molecule has 0 aliphatic rings. The first-order valence-corrected chi connectivity index (χ1v) is 8.60. The molecule has 0 fully saturated rings. The number of hydrogen-bond donors (Lipinski definition) is 1. The number of rotatable bonds is 5. The van der Waals surface area contributed by atoms with Gasteiger partial charge >= 0.3 is 5.97 Å². The molecule has 128 valence electrons. The summed E-state index contributed by atoms with van der Waals surface area (Å²) in [6.45, 7) is 1.92. The van der Waals surface area contributed by atoms with Gasteiger partial charge in [-0.15, -0.1) is 0 Å². The second-order valence-electron chi connectivity index (χ2n) is 5.45. The Morgan fingerprint density at radius 1 is 1.24 bits per heavy atom. The van der Waals surface area contributed by atoms with Gasteiger partial charge in [0.2, 0.25) is 0 Å². The summed E-state index contributed by atoms with van der Waals surface area (Å²) in [5.41, 5.74) is 2.84. The highest BCUT2D eigenvalue weighted by molar-refractivity contribution is 9.10. The van der Waals surface area contributed by atoms with Crippen LogP contribution < -0.4 is 4.74 Å². The number of benzene rings is 2. The van der Waals surface area contributed by atoms with Crippen molar-refractivity contribution < 1.29 is 14.6 Å². The Morgan fingerprint density at radius 2 is 1.96 bits per heavy atom. The van der Waals surface area contributed by atoms with E-state index in [2.05, 4.69) is 21.0 Å². The van der Waals surface area contributed by atoms with Crippen molar-refractivity contribution in [3.05, 3.63) is 64.3 Å². The van der Waals surface area contributed by atoms with Crippen LogP contribution in [0.25, 0.3) is 16.9 Å². The Kier molecular flexibility index (Phi) is 4.90. The van der Waals surface area contributed by atoms with Crippen molar-refractivity contribution in [3.8, 4) is 22.7 Å². The second kappa shape index (κ2) is 7.11. The van der Waals surface area contributed by atoms with Gasteiger partial charge in [-0.1, -0.05) is 35.0 Å². The first-order chi connectivity index (χ1) is 12.0. The van der Waals surface area contributed by atoms with E-state index >= 15 is 0 Å². The molecule has 3 rings (SSSR count). The van der Waals surface area contributed by atoms with Crippen LogP contribution >= 0.6 is 15.9 Å². The Balaban J connectivity index is 2.24. The van der Waals surface area contributed by atoms with E-state index in [-0.39, 0.29) is 5.56 Å². The van der Waals surface area contributed by atoms with Crippen molar-refractivity contribution >= 4 is 21.9 Å². The minimum absolute atomic E-state index is 0.221. The van der Waals surface area contributed by atoms with E-state index < -0.39 is 5.97 Å². The fourth-order valence-electron chi connectivity index (χ4n) is 2.77. The molecule has 1 heterocycles. The monoisotopic (exact) mass is 400 g/mol. The molecule has 25 heavy (non-hydrogen) atoms. The zero-order chi connectivity index (χ0) is 18.0. The highest BCUT2D eigenvalue weighted by Gasteiger charge is 2.24. The van der Waals surface area contributed by atoms with Crippen LogP contribution in [0.3, 0.4) is 0 Å². The van der Waals surface area contributed by atoms with E-state index in [4.69, 9.17) is 4.74 Å². The Labute approximate surface area is 154 Å². The lowest BCUT2D eigenvalue weighted by Gasteiger charge is -2.06. The summed E-state index contributed by atoms with van der Waals surface area (Å²) in [6, 6.07) is 14.9. The van der Waals surface area contributed by atoms with Crippen molar-refractivity contribution in [1.29, 1.82) is 0 Å². The van der Waals surface area contributed by atoms with Gasteiger partial charge in [-0.2, -0.15) is 5.10 Å². The van der Waals surface area contributed by atoms with E-state index in [0.717, 1.165) is 10.2 Å². The first-order valence-electron chi connectivity index (χ1n) is 7.80. The molecular weight excluding hydrogens is 384 g/mol. The predicted molar refractivity (Wildman–Crippen MR) is 99.6 cm³/mol. The number of nitrogens with zero attached hydrogens (tertiary/aromatic N) is 2. The molecule has 0 spiro atoms. The molecule has 3 aromatic rings. The van der Waals surface area contributed by atoms with Gasteiger partial charge in [-0.05, 0) is 42.8 Å². The van der Waals surface area contributed by atoms with Crippen LogP contribution in [0.15, 0.2) is 53.0 Å². The van der Waals surface area contributed by atoms with E-state index in [0.29, 0.717) is 29.1 Å². The molecule has 0 saturated heterocycles. The average molecular weight is 401 g/mol. The fraction of sp³-hybridized carbons (Fsp3) is 0.158. The normalized spacial score (nSPS) is 10.7. The molecule has 0 aliphatic carbocycles. The van der Waals surface area contributed by atoms with Crippen LogP contribution in [0, 0.1) is 0 Å². The highest BCUT2D eigenvalue weighted by Crippen LogP contribution is 2.30. The minimum atomic E-state index is -0.988. The van der Waals surface area contributed by atoms with E-state index in [1.54, 1.807) is 17.9 Å². The van der Waals surface area contributed by atoms with E-state index in [9.17, 15) is 9.90 Å². The fourth-order valence-corrected chi connectivity index (χ4v) is 3.04. The summed E-state index contributed by atoms with van der Waals surface area (Å²) in [4.78, 5) is 11.9. The third-order valence-corrected chi connectivity index (χ3v) is 4.47. The van der Waals surface area contributed by atoms with Crippen molar-refractivity contribution in [2.24, 2.45) is 0 Å². The quantitative estimate of drug-likeness (QED) is 0.680. The first kappa shape index (κ1) is 17.2. The van der Waals surface area contributed by atoms with Gasteiger partial charge in [0.25, 0.3) is 0 Å². The van der Waals surface area contributed by atoms with Crippen molar-refractivity contribution in [2.45, 2.75) is 13.3 Å². The number of halogens is 1. The van der Waals surface area contributed by atoms with Gasteiger partial charge in [0.05, 0.1) is 18.5 Å². The summed E-state index contributed by atoms with van der Waals surface area (Å²) in [7, 11) is 1.58. The number of methoxy groups -OCH3 is 1.